The summed E-state index contributed by atoms with van der Waals surface area (Å²) in [5.74, 6) is 2.03. The summed E-state index contributed by atoms with van der Waals surface area (Å²) in [7, 11) is 3.35. The molecule has 120 valence electrons. The van der Waals surface area contributed by atoms with Crippen molar-refractivity contribution < 1.29 is 13.5 Å². The van der Waals surface area contributed by atoms with Crippen molar-refractivity contribution in [2.24, 2.45) is 7.05 Å². The zero-order valence-corrected chi connectivity index (χ0v) is 13.9. The Hall–Kier alpha value is -2.28. The SMILES string of the molecule is COc1ccc(CSc2nnc(-c3ccoc3C)n2C)cc1F. The molecule has 0 aliphatic rings. The summed E-state index contributed by atoms with van der Waals surface area (Å²) in [6.07, 6.45) is 1.63. The van der Waals surface area contributed by atoms with Crippen LogP contribution in [0.15, 0.2) is 40.1 Å². The topological polar surface area (TPSA) is 53.1 Å². The summed E-state index contributed by atoms with van der Waals surface area (Å²) in [4.78, 5) is 0. The lowest BCUT2D eigenvalue weighted by Crippen LogP contribution is -1.95. The Morgan fingerprint density at radius 2 is 2.13 bits per heavy atom. The van der Waals surface area contributed by atoms with Crippen LogP contribution in [0.3, 0.4) is 0 Å². The van der Waals surface area contributed by atoms with E-state index in [4.69, 9.17) is 9.15 Å². The normalized spacial score (nSPS) is 11.0. The third kappa shape index (κ3) is 3.10. The van der Waals surface area contributed by atoms with E-state index >= 15 is 0 Å². The number of ether oxygens (including phenoxy) is 1. The first kappa shape index (κ1) is 15.6. The molecular weight excluding hydrogens is 317 g/mol. The standard InChI is InChI=1S/C16H16FN3O2S/c1-10-12(6-7-22-10)15-18-19-16(20(15)2)23-9-11-4-5-14(21-3)13(17)8-11/h4-8H,9H2,1-3H3. The third-order valence-electron chi connectivity index (χ3n) is 3.52. The highest BCUT2D eigenvalue weighted by atomic mass is 32.2. The van der Waals surface area contributed by atoms with Crippen LogP contribution in [0.1, 0.15) is 11.3 Å². The molecule has 0 aliphatic heterocycles. The number of hydrogen-bond acceptors (Lipinski definition) is 5. The number of aromatic nitrogens is 3. The largest absolute Gasteiger partial charge is 0.494 e. The quantitative estimate of drug-likeness (QED) is 0.664. The van der Waals surface area contributed by atoms with Gasteiger partial charge in [-0.3, -0.25) is 0 Å². The third-order valence-corrected chi connectivity index (χ3v) is 4.61. The minimum Gasteiger partial charge on any atom is -0.494 e. The second kappa shape index (κ2) is 6.45. The average Bonchev–Trinajstić information content (AvgIpc) is 3.11. The highest BCUT2D eigenvalue weighted by Crippen LogP contribution is 2.28. The molecule has 0 aliphatic carbocycles. The second-order valence-corrected chi connectivity index (χ2v) is 5.96. The Balaban J connectivity index is 1.76. The lowest BCUT2D eigenvalue weighted by atomic mass is 10.2. The number of thioether (sulfide) groups is 1. The van der Waals surface area contributed by atoms with Crippen LogP contribution in [-0.4, -0.2) is 21.9 Å². The van der Waals surface area contributed by atoms with Gasteiger partial charge in [-0.1, -0.05) is 17.8 Å². The van der Waals surface area contributed by atoms with Crippen LogP contribution in [0.2, 0.25) is 0 Å². The minimum atomic E-state index is -0.363. The van der Waals surface area contributed by atoms with Gasteiger partial charge in [-0.25, -0.2) is 4.39 Å². The van der Waals surface area contributed by atoms with E-state index in [2.05, 4.69) is 10.2 Å². The van der Waals surface area contributed by atoms with Gasteiger partial charge in [0.15, 0.2) is 22.5 Å². The van der Waals surface area contributed by atoms with E-state index in [1.807, 2.05) is 30.7 Å². The molecule has 3 aromatic rings. The zero-order valence-electron chi connectivity index (χ0n) is 13.0. The van der Waals surface area contributed by atoms with Gasteiger partial charge in [-0.05, 0) is 30.7 Å². The molecule has 2 heterocycles. The van der Waals surface area contributed by atoms with Crippen LogP contribution >= 0.6 is 11.8 Å². The molecule has 7 heteroatoms. The molecule has 5 nitrogen and oxygen atoms in total. The van der Waals surface area contributed by atoms with Gasteiger partial charge in [0.25, 0.3) is 0 Å². The van der Waals surface area contributed by atoms with E-state index < -0.39 is 0 Å². The van der Waals surface area contributed by atoms with Crippen LogP contribution in [0.4, 0.5) is 4.39 Å². The summed E-state index contributed by atoms with van der Waals surface area (Å²) in [6.45, 7) is 1.89. The monoisotopic (exact) mass is 333 g/mol. The molecule has 0 saturated carbocycles. The van der Waals surface area contributed by atoms with E-state index in [1.54, 1.807) is 12.3 Å². The Kier molecular flexibility index (Phi) is 4.38. The summed E-state index contributed by atoms with van der Waals surface area (Å²) < 4.78 is 25.8. The molecule has 0 fully saturated rings. The molecular formula is C16H16FN3O2S. The molecule has 0 bridgehead atoms. The van der Waals surface area contributed by atoms with Crippen molar-refractivity contribution in [3.63, 3.8) is 0 Å². The van der Waals surface area contributed by atoms with Crippen molar-refractivity contribution in [2.45, 2.75) is 17.8 Å². The Morgan fingerprint density at radius 3 is 2.78 bits per heavy atom. The average molecular weight is 333 g/mol. The minimum absolute atomic E-state index is 0.245. The van der Waals surface area contributed by atoms with Crippen molar-refractivity contribution in [3.05, 3.63) is 47.7 Å². The number of nitrogens with zero attached hydrogens (tertiary/aromatic N) is 3. The number of hydrogen-bond donors (Lipinski definition) is 0. The molecule has 23 heavy (non-hydrogen) atoms. The molecule has 3 rings (SSSR count). The van der Waals surface area contributed by atoms with Gasteiger partial charge in [0.1, 0.15) is 5.76 Å². The first-order valence-corrected chi connectivity index (χ1v) is 7.97. The van der Waals surface area contributed by atoms with Crippen LogP contribution in [0.25, 0.3) is 11.4 Å². The summed E-state index contributed by atoms with van der Waals surface area (Å²) >= 11 is 1.50. The molecule has 1 aromatic carbocycles. The van der Waals surface area contributed by atoms with Gasteiger partial charge in [0.2, 0.25) is 0 Å². The van der Waals surface area contributed by atoms with E-state index in [0.717, 1.165) is 27.9 Å². The van der Waals surface area contributed by atoms with E-state index in [-0.39, 0.29) is 11.6 Å². The second-order valence-electron chi connectivity index (χ2n) is 5.01. The Bertz CT molecular complexity index is 829. The van der Waals surface area contributed by atoms with Gasteiger partial charge in [0.05, 0.1) is 18.9 Å². The van der Waals surface area contributed by atoms with Crippen LogP contribution < -0.4 is 4.74 Å². The van der Waals surface area contributed by atoms with Crippen molar-refractivity contribution in [1.82, 2.24) is 14.8 Å². The molecule has 0 saturated heterocycles. The molecule has 2 aromatic heterocycles. The van der Waals surface area contributed by atoms with Crippen LogP contribution in [-0.2, 0) is 12.8 Å². The molecule has 0 unspecified atom stereocenters. The smallest absolute Gasteiger partial charge is 0.191 e. The van der Waals surface area contributed by atoms with E-state index in [0.29, 0.717) is 5.75 Å². The number of rotatable bonds is 5. The maximum Gasteiger partial charge on any atom is 0.191 e. The van der Waals surface area contributed by atoms with Crippen molar-refractivity contribution >= 4 is 11.8 Å². The van der Waals surface area contributed by atoms with Gasteiger partial charge < -0.3 is 13.7 Å². The van der Waals surface area contributed by atoms with Crippen molar-refractivity contribution in [2.75, 3.05) is 7.11 Å². The lowest BCUT2D eigenvalue weighted by Gasteiger charge is -2.05. The fourth-order valence-electron chi connectivity index (χ4n) is 2.24. The highest BCUT2D eigenvalue weighted by molar-refractivity contribution is 7.98. The predicted octanol–water partition coefficient (Wildman–Crippen LogP) is 3.82. The Labute approximate surface area is 137 Å². The van der Waals surface area contributed by atoms with E-state index in [9.17, 15) is 4.39 Å². The molecule has 0 atom stereocenters. The number of furan rings is 1. The summed E-state index contributed by atoms with van der Waals surface area (Å²) in [6, 6.07) is 6.81. The van der Waals surface area contributed by atoms with Gasteiger partial charge in [-0.15, -0.1) is 10.2 Å². The van der Waals surface area contributed by atoms with Crippen LogP contribution in [0, 0.1) is 12.7 Å². The van der Waals surface area contributed by atoms with E-state index in [1.165, 1.54) is 24.9 Å². The highest BCUT2D eigenvalue weighted by Gasteiger charge is 2.15. The Morgan fingerprint density at radius 1 is 1.30 bits per heavy atom. The maximum absolute atomic E-state index is 13.7. The van der Waals surface area contributed by atoms with Crippen molar-refractivity contribution in [1.29, 1.82) is 0 Å². The number of aryl methyl sites for hydroxylation is 1. The maximum atomic E-state index is 13.7. The lowest BCUT2D eigenvalue weighted by molar-refractivity contribution is 0.386. The fourth-order valence-corrected chi connectivity index (χ4v) is 3.09. The number of halogens is 1. The zero-order chi connectivity index (χ0) is 16.4. The molecule has 0 spiro atoms. The molecule has 0 amide bonds. The fraction of sp³-hybridized carbons (Fsp3) is 0.250. The van der Waals surface area contributed by atoms with Crippen molar-refractivity contribution in [3.8, 4) is 17.1 Å². The van der Waals surface area contributed by atoms with Gasteiger partial charge in [-0.2, -0.15) is 0 Å². The number of methoxy groups -OCH3 is 1. The predicted molar refractivity (Wildman–Crippen MR) is 86.0 cm³/mol. The molecule has 0 radical (unpaired) electrons. The summed E-state index contributed by atoms with van der Waals surface area (Å²) in [5.41, 5.74) is 1.78. The summed E-state index contributed by atoms with van der Waals surface area (Å²) in [5, 5.41) is 9.18. The first-order valence-electron chi connectivity index (χ1n) is 6.99. The van der Waals surface area contributed by atoms with Gasteiger partial charge in [0, 0.05) is 12.8 Å². The first-order chi connectivity index (χ1) is 11.1. The number of benzene rings is 1. The van der Waals surface area contributed by atoms with Gasteiger partial charge >= 0.3 is 0 Å². The molecule has 0 N–H and O–H groups in total. The van der Waals surface area contributed by atoms with Crippen LogP contribution in [0.5, 0.6) is 5.75 Å².